The molecule has 2 rings (SSSR count). The normalized spacial score (nSPS) is 10.1. The molecule has 4 heteroatoms. The Morgan fingerprint density at radius 1 is 1.28 bits per heavy atom. The van der Waals surface area contributed by atoms with Gasteiger partial charge in [0, 0.05) is 28.0 Å². The van der Waals surface area contributed by atoms with Crippen LogP contribution in [0.25, 0.3) is 0 Å². The molecule has 0 saturated heterocycles. The number of nitrogens with zero attached hydrogens (tertiary/aromatic N) is 1. The summed E-state index contributed by atoms with van der Waals surface area (Å²) in [6.45, 7) is 2.49. The fourth-order valence-corrected chi connectivity index (χ4v) is 1.96. The molecule has 0 unspecified atom stereocenters. The number of rotatable bonds is 4. The molecule has 0 aliphatic rings. The van der Waals surface area contributed by atoms with Gasteiger partial charge in [0.15, 0.2) is 5.78 Å². The average molecular weight is 306 g/mol. The van der Waals surface area contributed by atoms with Crippen LogP contribution in [0.4, 0.5) is 0 Å². The highest BCUT2D eigenvalue weighted by Crippen LogP contribution is 2.18. The maximum Gasteiger partial charge on any atom is 0.194 e. The fraction of sp³-hybridized carbons (Fsp3) is 0.143. The second-order valence-electron chi connectivity index (χ2n) is 3.68. The van der Waals surface area contributed by atoms with Crippen LogP contribution in [0, 0.1) is 0 Å². The highest BCUT2D eigenvalue weighted by atomic mass is 79.9. The van der Waals surface area contributed by atoms with E-state index in [9.17, 15) is 4.79 Å². The number of pyridine rings is 1. The number of halogens is 1. The van der Waals surface area contributed by atoms with Crippen molar-refractivity contribution >= 4 is 21.7 Å². The first-order chi connectivity index (χ1) is 8.70. The summed E-state index contributed by atoms with van der Waals surface area (Å²) in [5.74, 6) is 0.636. The average Bonchev–Trinajstić information content (AvgIpc) is 2.39. The van der Waals surface area contributed by atoms with Gasteiger partial charge in [-0.1, -0.05) is 12.1 Å². The van der Waals surface area contributed by atoms with Crippen LogP contribution in [0.3, 0.4) is 0 Å². The molecule has 18 heavy (non-hydrogen) atoms. The van der Waals surface area contributed by atoms with Gasteiger partial charge in [0.25, 0.3) is 0 Å². The van der Waals surface area contributed by atoms with Gasteiger partial charge in [0.05, 0.1) is 6.61 Å². The summed E-state index contributed by atoms with van der Waals surface area (Å²) in [5.41, 5.74) is 1.15. The third kappa shape index (κ3) is 2.96. The van der Waals surface area contributed by atoms with E-state index in [0.717, 1.165) is 4.47 Å². The van der Waals surface area contributed by atoms with Gasteiger partial charge in [0.1, 0.15) is 5.75 Å². The van der Waals surface area contributed by atoms with Crippen LogP contribution in [0.15, 0.2) is 47.2 Å². The van der Waals surface area contributed by atoms with Crippen LogP contribution in [0.2, 0.25) is 0 Å². The van der Waals surface area contributed by atoms with Crippen LogP contribution in [-0.2, 0) is 0 Å². The van der Waals surface area contributed by atoms with Gasteiger partial charge in [-0.15, -0.1) is 0 Å². The molecule has 3 nitrogen and oxygen atoms in total. The first-order valence-corrected chi connectivity index (χ1v) is 6.38. The summed E-state index contributed by atoms with van der Waals surface area (Å²) in [5, 5.41) is 0. The van der Waals surface area contributed by atoms with E-state index in [1.807, 2.05) is 19.1 Å². The molecule has 0 spiro atoms. The molecular formula is C14H12BrNO2. The number of hydrogen-bond acceptors (Lipinski definition) is 3. The van der Waals surface area contributed by atoms with Gasteiger partial charge >= 0.3 is 0 Å². The van der Waals surface area contributed by atoms with E-state index in [1.54, 1.807) is 30.6 Å². The molecule has 0 fully saturated rings. The van der Waals surface area contributed by atoms with Crippen LogP contribution in [0.1, 0.15) is 22.8 Å². The molecule has 0 aliphatic heterocycles. The Labute approximate surface area is 114 Å². The van der Waals surface area contributed by atoms with Gasteiger partial charge in [-0.3, -0.25) is 9.78 Å². The molecule has 0 atom stereocenters. The van der Waals surface area contributed by atoms with Gasteiger partial charge in [-0.05, 0) is 41.1 Å². The van der Waals surface area contributed by atoms with Crippen molar-refractivity contribution in [2.45, 2.75) is 6.92 Å². The summed E-state index contributed by atoms with van der Waals surface area (Å²) in [4.78, 5) is 16.2. The first kappa shape index (κ1) is 12.8. The third-order valence-electron chi connectivity index (χ3n) is 2.37. The summed E-state index contributed by atoms with van der Waals surface area (Å²) in [6.07, 6.45) is 3.20. The molecule has 1 heterocycles. The van der Waals surface area contributed by atoms with Crippen molar-refractivity contribution in [1.29, 1.82) is 0 Å². The molecule has 2 aromatic rings. The highest BCUT2D eigenvalue weighted by Gasteiger charge is 2.10. The highest BCUT2D eigenvalue weighted by molar-refractivity contribution is 9.10. The lowest BCUT2D eigenvalue weighted by molar-refractivity contribution is 0.103. The third-order valence-corrected chi connectivity index (χ3v) is 2.81. The first-order valence-electron chi connectivity index (χ1n) is 5.59. The standard InChI is InChI=1S/C14H12BrNO2/c1-2-18-13-5-3-4-10(7-13)14(17)11-6-12(15)9-16-8-11/h3-9H,2H2,1H3. The molecule has 0 aliphatic carbocycles. The van der Waals surface area contributed by atoms with E-state index in [0.29, 0.717) is 23.5 Å². The number of carbonyl (C=O) groups is 1. The van der Waals surface area contributed by atoms with Crippen molar-refractivity contribution in [3.8, 4) is 5.75 Å². The van der Waals surface area contributed by atoms with Crippen LogP contribution >= 0.6 is 15.9 Å². The molecular weight excluding hydrogens is 294 g/mol. The summed E-state index contributed by atoms with van der Waals surface area (Å²) < 4.78 is 6.17. The van der Waals surface area contributed by atoms with Crippen molar-refractivity contribution < 1.29 is 9.53 Å². The Balaban J connectivity index is 2.31. The van der Waals surface area contributed by atoms with Crippen molar-refractivity contribution in [1.82, 2.24) is 4.98 Å². The minimum Gasteiger partial charge on any atom is -0.494 e. The molecule has 0 radical (unpaired) electrons. The number of aromatic nitrogens is 1. The van der Waals surface area contributed by atoms with Crippen LogP contribution < -0.4 is 4.74 Å². The largest absolute Gasteiger partial charge is 0.494 e. The molecule has 1 aromatic carbocycles. The maximum absolute atomic E-state index is 12.2. The molecule has 92 valence electrons. The lowest BCUT2D eigenvalue weighted by Crippen LogP contribution is -2.02. The molecule has 0 N–H and O–H groups in total. The molecule has 1 aromatic heterocycles. The Morgan fingerprint density at radius 2 is 2.11 bits per heavy atom. The van der Waals surface area contributed by atoms with E-state index >= 15 is 0 Å². The number of ether oxygens (including phenoxy) is 1. The van der Waals surface area contributed by atoms with E-state index in [4.69, 9.17) is 4.74 Å². The number of carbonyl (C=O) groups excluding carboxylic acids is 1. The number of benzene rings is 1. The van der Waals surface area contributed by atoms with Crippen molar-refractivity contribution in [3.63, 3.8) is 0 Å². The second kappa shape index (κ2) is 5.78. The summed E-state index contributed by atoms with van der Waals surface area (Å²) in [7, 11) is 0. The molecule has 0 bridgehead atoms. The Kier molecular flexibility index (Phi) is 4.10. The van der Waals surface area contributed by atoms with Gasteiger partial charge in [0.2, 0.25) is 0 Å². The maximum atomic E-state index is 12.2. The SMILES string of the molecule is CCOc1cccc(C(=O)c2cncc(Br)c2)c1. The van der Waals surface area contributed by atoms with Crippen LogP contribution in [-0.4, -0.2) is 17.4 Å². The zero-order chi connectivity index (χ0) is 13.0. The van der Waals surface area contributed by atoms with Crippen molar-refractivity contribution in [3.05, 3.63) is 58.3 Å². The van der Waals surface area contributed by atoms with E-state index < -0.39 is 0 Å². The van der Waals surface area contributed by atoms with E-state index in [2.05, 4.69) is 20.9 Å². The van der Waals surface area contributed by atoms with Gasteiger partial charge < -0.3 is 4.74 Å². The number of ketones is 1. The minimum atomic E-state index is -0.0645. The van der Waals surface area contributed by atoms with Gasteiger partial charge in [-0.2, -0.15) is 0 Å². The second-order valence-corrected chi connectivity index (χ2v) is 4.60. The van der Waals surface area contributed by atoms with Crippen molar-refractivity contribution in [2.24, 2.45) is 0 Å². The lowest BCUT2D eigenvalue weighted by Gasteiger charge is -2.05. The number of hydrogen-bond donors (Lipinski definition) is 0. The predicted molar refractivity (Wildman–Crippen MR) is 73.0 cm³/mol. The summed E-state index contributed by atoms with van der Waals surface area (Å²) >= 11 is 3.30. The van der Waals surface area contributed by atoms with E-state index in [1.165, 1.54) is 0 Å². The topological polar surface area (TPSA) is 39.2 Å². The van der Waals surface area contributed by atoms with Crippen LogP contribution in [0.5, 0.6) is 5.75 Å². The van der Waals surface area contributed by atoms with E-state index in [-0.39, 0.29) is 5.78 Å². The lowest BCUT2D eigenvalue weighted by atomic mass is 10.1. The smallest absolute Gasteiger partial charge is 0.194 e. The Morgan fingerprint density at radius 3 is 2.83 bits per heavy atom. The van der Waals surface area contributed by atoms with Gasteiger partial charge in [-0.25, -0.2) is 0 Å². The zero-order valence-electron chi connectivity index (χ0n) is 9.89. The summed E-state index contributed by atoms with van der Waals surface area (Å²) in [6, 6.07) is 8.91. The quantitative estimate of drug-likeness (QED) is 0.812. The molecule has 0 amide bonds. The molecule has 0 saturated carbocycles. The Hall–Kier alpha value is -1.68. The Bertz CT molecular complexity index is 569. The zero-order valence-corrected chi connectivity index (χ0v) is 11.5. The fourth-order valence-electron chi connectivity index (χ4n) is 1.60. The van der Waals surface area contributed by atoms with Crippen molar-refractivity contribution in [2.75, 3.05) is 6.61 Å². The minimum absolute atomic E-state index is 0.0645. The monoisotopic (exact) mass is 305 g/mol. The predicted octanol–water partition coefficient (Wildman–Crippen LogP) is 3.47.